The summed E-state index contributed by atoms with van der Waals surface area (Å²) in [6, 6.07) is 0. The van der Waals surface area contributed by atoms with Crippen LogP contribution in [0.2, 0.25) is 0 Å². The van der Waals surface area contributed by atoms with Gasteiger partial charge < -0.3 is 14.4 Å². The van der Waals surface area contributed by atoms with E-state index in [1.807, 2.05) is 0 Å². The fourth-order valence-corrected chi connectivity index (χ4v) is 1.06. The summed E-state index contributed by atoms with van der Waals surface area (Å²) in [5.41, 5.74) is 0. The molecule has 0 rings (SSSR count). The van der Waals surface area contributed by atoms with Gasteiger partial charge in [-0.05, 0) is 6.42 Å². The zero-order chi connectivity index (χ0) is 13.1. The largest absolute Gasteiger partial charge is 0.464 e. The average molecular weight is 241 g/mol. The summed E-state index contributed by atoms with van der Waals surface area (Å²) in [5.74, 6) is 1.73. The van der Waals surface area contributed by atoms with E-state index in [9.17, 15) is 9.59 Å². The number of likely N-dealkylation sites (N-methyl/N-ethyl adjacent to an activating group) is 1. The number of carbonyl (C=O) groups is 2. The molecule has 0 saturated heterocycles. The number of nitrogens with zero attached hydrogens (tertiary/aromatic N) is 1. The van der Waals surface area contributed by atoms with Gasteiger partial charge in [0, 0.05) is 7.05 Å². The first-order chi connectivity index (χ1) is 8.11. The van der Waals surface area contributed by atoms with Crippen LogP contribution in [0.3, 0.4) is 0 Å². The maximum Gasteiger partial charge on any atom is 0.410 e. The van der Waals surface area contributed by atoms with Crippen LogP contribution in [0.1, 0.15) is 26.2 Å². The molecule has 0 atom stereocenters. The number of hydrogen-bond donors (Lipinski definition) is 0. The van der Waals surface area contributed by atoms with Crippen molar-refractivity contribution < 1.29 is 19.1 Å². The molecule has 0 bridgehead atoms. The number of ether oxygens (including phenoxy) is 2. The quantitative estimate of drug-likeness (QED) is 0.384. The molecule has 0 N–H and O–H groups in total. The summed E-state index contributed by atoms with van der Waals surface area (Å²) in [6.07, 6.45) is 7.23. The highest BCUT2D eigenvalue weighted by Crippen LogP contribution is 1.96. The SMILES string of the molecule is C#CCOC(=O)N(C)CC(=O)OCCCCC. The first-order valence-electron chi connectivity index (χ1n) is 5.58. The molecule has 0 heterocycles. The summed E-state index contributed by atoms with van der Waals surface area (Å²) < 4.78 is 9.58. The van der Waals surface area contributed by atoms with Gasteiger partial charge in [-0.3, -0.25) is 4.79 Å². The predicted octanol–water partition coefficient (Wildman–Crippen LogP) is 1.42. The molecule has 0 aliphatic heterocycles. The van der Waals surface area contributed by atoms with E-state index in [4.69, 9.17) is 11.2 Å². The summed E-state index contributed by atoms with van der Waals surface area (Å²) in [6.45, 7) is 2.22. The molecule has 0 unspecified atom stereocenters. The highest BCUT2D eigenvalue weighted by Gasteiger charge is 2.14. The number of esters is 1. The van der Waals surface area contributed by atoms with Gasteiger partial charge in [0.05, 0.1) is 6.61 Å². The third-order valence-corrected chi connectivity index (χ3v) is 1.97. The molecule has 1 amide bonds. The summed E-state index contributed by atoms with van der Waals surface area (Å²) >= 11 is 0. The van der Waals surface area contributed by atoms with Crippen LogP contribution in [0.15, 0.2) is 0 Å². The number of amides is 1. The fourth-order valence-electron chi connectivity index (χ4n) is 1.06. The Morgan fingerprint density at radius 2 is 2.00 bits per heavy atom. The molecule has 17 heavy (non-hydrogen) atoms. The molecule has 0 aromatic carbocycles. The van der Waals surface area contributed by atoms with Gasteiger partial charge >= 0.3 is 12.1 Å². The third kappa shape index (κ3) is 8.14. The number of rotatable bonds is 7. The van der Waals surface area contributed by atoms with Crippen molar-refractivity contribution in [3.63, 3.8) is 0 Å². The van der Waals surface area contributed by atoms with Gasteiger partial charge in [-0.1, -0.05) is 25.7 Å². The summed E-state index contributed by atoms with van der Waals surface area (Å²) in [5, 5.41) is 0. The lowest BCUT2D eigenvalue weighted by atomic mass is 10.3. The Morgan fingerprint density at radius 1 is 1.29 bits per heavy atom. The molecule has 0 aromatic rings. The van der Waals surface area contributed by atoms with Crippen LogP contribution < -0.4 is 0 Å². The molecule has 0 saturated carbocycles. The first-order valence-corrected chi connectivity index (χ1v) is 5.58. The lowest BCUT2D eigenvalue weighted by Gasteiger charge is -2.15. The van der Waals surface area contributed by atoms with Crippen molar-refractivity contribution in [2.45, 2.75) is 26.2 Å². The van der Waals surface area contributed by atoms with Crippen molar-refractivity contribution in [1.82, 2.24) is 4.90 Å². The van der Waals surface area contributed by atoms with Crippen LogP contribution in [-0.4, -0.2) is 43.8 Å². The van der Waals surface area contributed by atoms with Crippen molar-refractivity contribution in [3.05, 3.63) is 0 Å². The van der Waals surface area contributed by atoms with Gasteiger partial charge in [-0.15, -0.1) is 6.42 Å². The Bertz CT molecular complexity index is 283. The van der Waals surface area contributed by atoms with Crippen molar-refractivity contribution >= 4 is 12.1 Å². The fraction of sp³-hybridized carbons (Fsp3) is 0.667. The topological polar surface area (TPSA) is 55.8 Å². The smallest absolute Gasteiger partial charge is 0.410 e. The van der Waals surface area contributed by atoms with Crippen LogP contribution >= 0.6 is 0 Å². The molecule has 96 valence electrons. The molecular formula is C12H19NO4. The highest BCUT2D eigenvalue weighted by molar-refractivity contribution is 5.77. The van der Waals surface area contributed by atoms with E-state index < -0.39 is 12.1 Å². The van der Waals surface area contributed by atoms with Crippen molar-refractivity contribution in [2.75, 3.05) is 26.8 Å². The lowest BCUT2D eigenvalue weighted by Crippen LogP contribution is -2.33. The minimum absolute atomic E-state index is 0.102. The molecule has 0 aliphatic rings. The third-order valence-electron chi connectivity index (χ3n) is 1.97. The summed E-state index contributed by atoms with van der Waals surface area (Å²) in [7, 11) is 1.45. The average Bonchev–Trinajstić information content (AvgIpc) is 2.31. The van der Waals surface area contributed by atoms with Crippen LogP contribution in [-0.2, 0) is 14.3 Å². The maximum atomic E-state index is 11.3. The number of carbonyl (C=O) groups excluding carboxylic acids is 2. The van der Waals surface area contributed by atoms with Gasteiger partial charge in [0.2, 0.25) is 0 Å². The monoisotopic (exact) mass is 241 g/mol. The van der Waals surface area contributed by atoms with Gasteiger partial charge in [0.1, 0.15) is 6.54 Å². The van der Waals surface area contributed by atoms with Gasteiger partial charge in [0.25, 0.3) is 0 Å². The molecule has 0 radical (unpaired) electrons. The maximum absolute atomic E-state index is 11.3. The van der Waals surface area contributed by atoms with Crippen LogP contribution in [0.25, 0.3) is 0 Å². The van der Waals surface area contributed by atoms with Gasteiger partial charge in [-0.25, -0.2) is 4.79 Å². The van der Waals surface area contributed by atoms with E-state index in [-0.39, 0.29) is 13.2 Å². The normalized spacial score (nSPS) is 9.24. The Balaban J connectivity index is 3.72. The molecule has 0 spiro atoms. The standard InChI is InChI=1S/C12H19NO4/c1-4-6-7-9-16-11(14)10-13(3)12(15)17-8-5-2/h2H,4,6-10H2,1,3H3. The predicted molar refractivity (Wildman–Crippen MR) is 63.3 cm³/mol. The highest BCUT2D eigenvalue weighted by atomic mass is 16.6. The molecule has 0 fully saturated rings. The second kappa shape index (κ2) is 9.52. The van der Waals surface area contributed by atoms with E-state index in [0.29, 0.717) is 6.61 Å². The second-order valence-corrected chi connectivity index (χ2v) is 3.54. The van der Waals surface area contributed by atoms with Crippen molar-refractivity contribution in [1.29, 1.82) is 0 Å². The zero-order valence-corrected chi connectivity index (χ0v) is 10.4. The minimum Gasteiger partial charge on any atom is -0.464 e. The molecule has 5 heteroatoms. The molecule has 5 nitrogen and oxygen atoms in total. The van der Waals surface area contributed by atoms with E-state index in [0.717, 1.165) is 24.2 Å². The molecule has 0 aromatic heterocycles. The minimum atomic E-state index is -0.631. The van der Waals surface area contributed by atoms with E-state index >= 15 is 0 Å². The van der Waals surface area contributed by atoms with Crippen molar-refractivity contribution in [2.24, 2.45) is 0 Å². The van der Waals surface area contributed by atoms with Crippen LogP contribution in [0, 0.1) is 12.3 Å². The molecular weight excluding hydrogens is 222 g/mol. The second-order valence-electron chi connectivity index (χ2n) is 3.54. The molecule has 0 aliphatic carbocycles. The van der Waals surface area contributed by atoms with E-state index in [2.05, 4.69) is 17.6 Å². The lowest BCUT2D eigenvalue weighted by molar-refractivity contribution is -0.144. The van der Waals surface area contributed by atoms with Gasteiger partial charge in [-0.2, -0.15) is 0 Å². The van der Waals surface area contributed by atoms with Crippen molar-refractivity contribution in [3.8, 4) is 12.3 Å². The number of terminal acetylenes is 1. The van der Waals surface area contributed by atoms with Gasteiger partial charge in [0.15, 0.2) is 6.61 Å². The Kier molecular flexibility index (Phi) is 8.57. The number of hydrogen-bond acceptors (Lipinski definition) is 4. The van der Waals surface area contributed by atoms with E-state index in [1.165, 1.54) is 7.05 Å². The number of unbranched alkanes of at least 4 members (excludes halogenated alkanes) is 2. The van der Waals surface area contributed by atoms with Crippen LogP contribution in [0.4, 0.5) is 4.79 Å². The Hall–Kier alpha value is -1.70. The zero-order valence-electron chi connectivity index (χ0n) is 10.4. The first kappa shape index (κ1) is 15.3. The Labute approximate surface area is 102 Å². The van der Waals surface area contributed by atoms with Crippen LogP contribution in [0.5, 0.6) is 0 Å². The van der Waals surface area contributed by atoms with E-state index in [1.54, 1.807) is 0 Å². The summed E-state index contributed by atoms with van der Waals surface area (Å²) in [4.78, 5) is 23.6. The Morgan fingerprint density at radius 3 is 2.59 bits per heavy atom.